The van der Waals surface area contributed by atoms with Crippen LogP contribution >= 0.6 is 0 Å². The Bertz CT molecular complexity index is 614. The number of hydrogen-bond donors (Lipinski definition) is 1. The second-order valence-corrected chi connectivity index (χ2v) is 6.75. The first-order chi connectivity index (χ1) is 8.37. The van der Waals surface area contributed by atoms with Crippen molar-refractivity contribution in [2.24, 2.45) is 7.05 Å². The van der Waals surface area contributed by atoms with E-state index in [1.807, 2.05) is 0 Å². The van der Waals surface area contributed by atoms with E-state index < -0.39 is 9.84 Å². The first-order valence-corrected chi connectivity index (χ1v) is 7.44. The topological polar surface area (TPSA) is 96.3 Å². The Morgan fingerprint density at radius 3 is 2.67 bits per heavy atom. The Morgan fingerprint density at radius 1 is 1.50 bits per heavy atom. The second kappa shape index (κ2) is 4.43. The zero-order valence-electron chi connectivity index (χ0n) is 10.4. The molecule has 1 atom stereocenters. The summed E-state index contributed by atoms with van der Waals surface area (Å²) in [5, 5.41) is 0. The minimum Gasteiger partial charge on any atom is -0.393 e. The number of nitrogens with zero attached hydrogens (tertiary/aromatic N) is 2. The molecule has 1 fully saturated rings. The SMILES string of the molecule is COCc1c(N)c(=O)n(C2CCS(=O)(=O)C2)n1C. The normalized spacial score (nSPS) is 22.4. The van der Waals surface area contributed by atoms with E-state index in [-0.39, 0.29) is 35.4 Å². The highest BCUT2D eigenvalue weighted by Gasteiger charge is 2.32. The molecule has 0 aromatic carbocycles. The molecule has 102 valence electrons. The van der Waals surface area contributed by atoms with Crippen molar-refractivity contribution >= 4 is 15.5 Å². The van der Waals surface area contributed by atoms with Crippen LogP contribution in [0.3, 0.4) is 0 Å². The molecule has 1 unspecified atom stereocenters. The molecule has 0 radical (unpaired) electrons. The molecule has 0 amide bonds. The van der Waals surface area contributed by atoms with E-state index in [0.29, 0.717) is 12.1 Å². The summed E-state index contributed by atoms with van der Waals surface area (Å²) in [7, 11) is 0.169. The third-order valence-electron chi connectivity index (χ3n) is 3.30. The summed E-state index contributed by atoms with van der Waals surface area (Å²) in [6.45, 7) is 0.226. The molecule has 1 aromatic heterocycles. The lowest BCUT2D eigenvalue weighted by atomic mass is 10.3. The maximum Gasteiger partial charge on any atom is 0.290 e. The Kier molecular flexibility index (Phi) is 3.24. The van der Waals surface area contributed by atoms with Gasteiger partial charge in [-0.2, -0.15) is 0 Å². The predicted molar refractivity (Wildman–Crippen MR) is 67.1 cm³/mol. The molecule has 2 rings (SSSR count). The van der Waals surface area contributed by atoms with Crippen molar-refractivity contribution in [2.45, 2.75) is 19.1 Å². The fourth-order valence-corrected chi connectivity index (χ4v) is 4.07. The van der Waals surface area contributed by atoms with Crippen molar-refractivity contribution in [3.63, 3.8) is 0 Å². The summed E-state index contributed by atoms with van der Waals surface area (Å²) in [4.78, 5) is 12.1. The molecule has 1 saturated heterocycles. The van der Waals surface area contributed by atoms with Gasteiger partial charge in [0.05, 0.1) is 29.8 Å². The highest BCUT2D eigenvalue weighted by atomic mass is 32.2. The largest absolute Gasteiger partial charge is 0.393 e. The van der Waals surface area contributed by atoms with Crippen molar-refractivity contribution in [1.82, 2.24) is 9.36 Å². The van der Waals surface area contributed by atoms with E-state index in [0.717, 1.165) is 0 Å². The van der Waals surface area contributed by atoms with Gasteiger partial charge in [0.25, 0.3) is 5.56 Å². The molecule has 7 nitrogen and oxygen atoms in total. The predicted octanol–water partition coefficient (Wildman–Crippen LogP) is -0.725. The van der Waals surface area contributed by atoms with E-state index in [2.05, 4.69) is 0 Å². The summed E-state index contributed by atoms with van der Waals surface area (Å²) in [6, 6.07) is -0.333. The fraction of sp³-hybridized carbons (Fsp3) is 0.700. The molecular weight excluding hydrogens is 258 g/mol. The molecule has 18 heavy (non-hydrogen) atoms. The van der Waals surface area contributed by atoms with Gasteiger partial charge < -0.3 is 10.5 Å². The van der Waals surface area contributed by atoms with Crippen molar-refractivity contribution in [3.8, 4) is 0 Å². The van der Waals surface area contributed by atoms with Gasteiger partial charge in [0, 0.05) is 14.2 Å². The van der Waals surface area contributed by atoms with Gasteiger partial charge in [-0.05, 0) is 6.42 Å². The Labute approximate surface area is 105 Å². The summed E-state index contributed by atoms with van der Waals surface area (Å²) in [5.74, 6) is 0.116. The zero-order chi connectivity index (χ0) is 13.5. The number of ether oxygens (including phenoxy) is 1. The summed E-state index contributed by atoms with van der Waals surface area (Å²) < 4.78 is 31.0. The first-order valence-electron chi connectivity index (χ1n) is 5.62. The molecular formula is C10H17N3O4S. The number of rotatable bonds is 3. The monoisotopic (exact) mass is 275 g/mol. The maximum absolute atomic E-state index is 12.1. The van der Waals surface area contributed by atoms with Crippen LogP contribution in [-0.2, 0) is 28.2 Å². The lowest BCUT2D eigenvalue weighted by molar-refractivity contribution is 0.176. The van der Waals surface area contributed by atoms with Gasteiger partial charge in [0.2, 0.25) is 0 Å². The van der Waals surface area contributed by atoms with Crippen LogP contribution in [0.2, 0.25) is 0 Å². The number of hydrogen-bond acceptors (Lipinski definition) is 5. The van der Waals surface area contributed by atoms with Crippen molar-refractivity contribution < 1.29 is 13.2 Å². The molecule has 0 saturated carbocycles. The Hall–Kier alpha value is -1.28. The van der Waals surface area contributed by atoms with Gasteiger partial charge in [-0.1, -0.05) is 0 Å². The molecule has 0 aliphatic carbocycles. The smallest absolute Gasteiger partial charge is 0.290 e. The van der Waals surface area contributed by atoms with Crippen LogP contribution in [0.5, 0.6) is 0 Å². The van der Waals surface area contributed by atoms with Crippen LogP contribution in [0.4, 0.5) is 5.69 Å². The van der Waals surface area contributed by atoms with Crippen molar-refractivity contribution in [1.29, 1.82) is 0 Å². The van der Waals surface area contributed by atoms with Crippen molar-refractivity contribution in [2.75, 3.05) is 24.3 Å². The van der Waals surface area contributed by atoms with Crippen LogP contribution in [0.15, 0.2) is 4.79 Å². The molecule has 1 aromatic rings. The third-order valence-corrected chi connectivity index (χ3v) is 5.05. The summed E-state index contributed by atoms with van der Waals surface area (Å²) >= 11 is 0. The highest BCUT2D eigenvalue weighted by molar-refractivity contribution is 7.91. The average Bonchev–Trinajstić information content (AvgIpc) is 2.73. The molecule has 1 aliphatic heterocycles. The number of aromatic nitrogens is 2. The van der Waals surface area contributed by atoms with Crippen LogP contribution in [0, 0.1) is 0 Å². The molecule has 1 aliphatic rings. The minimum atomic E-state index is -3.04. The maximum atomic E-state index is 12.1. The third kappa shape index (κ3) is 2.05. The Morgan fingerprint density at radius 2 is 2.17 bits per heavy atom. The lowest BCUT2D eigenvalue weighted by Gasteiger charge is -2.14. The van der Waals surface area contributed by atoms with E-state index in [1.165, 1.54) is 11.8 Å². The fourth-order valence-electron chi connectivity index (χ4n) is 2.37. The summed E-state index contributed by atoms with van der Waals surface area (Å²) in [5.41, 5.74) is 6.10. The van der Waals surface area contributed by atoms with Crippen LogP contribution in [-0.4, -0.2) is 36.4 Å². The van der Waals surface area contributed by atoms with E-state index in [9.17, 15) is 13.2 Å². The van der Waals surface area contributed by atoms with Gasteiger partial charge in [0.15, 0.2) is 9.84 Å². The standard InChI is InChI=1S/C10H17N3O4S/c1-12-8(5-17-2)9(11)10(14)13(12)7-3-4-18(15,16)6-7/h7H,3-6,11H2,1-2H3. The zero-order valence-corrected chi connectivity index (χ0v) is 11.2. The van der Waals surface area contributed by atoms with E-state index in [1.54, 1.807) is 11.7 Å². The number of methoxy groups -OCH3 is 1. The quantitative estimate of drug-likeness (QED) is 0.785. The van der Waals surface area contributed by atoms with Crippen LogP contribution in [0.25, 0.3) is 0 Å². The average molecular weight is 275 g/mol. The summed E-state index contributed by atoms with van der Waals surface area (Å²) in [6.07, 6.45) is 0.450. The van der Waals surface area contributed by atoms with E-state index >= 15 is 0 Å². The molecule has 0 spiro atoms. The van der Waals surface area contributed by atoms with Gasteiger partial charge in [-0.3, -0.25) is 9.48 Å². The molecule has 8 heteroatoms. The van der Waals surface area contributed by atoms with Crippen LogP contribution < -0.4 is 11.3 Å². The second-order valence-electron chi connectivity index (χ2n) is 4.52. The van der Waals surface area contributed by atoms with Crippen LogP contribution in [0.1, 0.15) is 18.2 Å². The van der Waals surface area contributed by atoms with E-state index in [4.69, 9.17) is 10.5 Å². The molecule has 2 N–H and O–H groups in total. The molecule has 0 bridgehead atoms. The number of nitrogen functional groups attached to an aromatic ring is 1. The van der Waals surface area contributed by atoms with Gasteiger partial charge in [-0.15, -0.1) is 0 Å². The van der Waals surface area contributed by atoms with Crippen molar-refractivity contribution in [3.05, 3.63) is 16.0 Å². The minimum absolute atomic E-state index is 0.00335. The Balaban J connectivity index is 2.47. The molecule has 2 heterocycles. The highest BCUT2D eigenvalue weighted by Crippen LogP contribution is 2.23. The van der Waals surface area contributed by atoms with Gasteiger partial charge >= 0.3 is 0 Å². The number of anilines is 1. The number of nitrogens with two attached hydrogens (primary N) is 1. The first kappa shape index (κ1) is 13.2. The van der Waals surface area contributed by atoms with Gasteiger partial charge in [0.1, 0.15) is 5.69 Å². The lowest BCUT2D eigenvalue weighted by Crippen LogP contribution is -2.28. The van der Waals surface area contributed by atoms with Gasteiger partial charge in [-0.25, -0.2) is 13.1 Å². The number of sulfone groups is 1.